The van der Waals surface area contributed by atoms with Gasteiger partial charge >= 0.3 is 0 Å². The summed E-state index contributed by atoms with van der Waals surface area (Å²) in [4.78, 5) is 0. The Bertz CT molecular complexity index is 994. The molecule has 0 saturated heterocycles. The molecule has 0 radical (unpaired) electrons. The topological polar surface area (TPSA) is 0 Å². The van der Waals surface area contributed by atoms with E-state index in [0.29, 0.717) is 0 Å². The molecular weight excluding hydrogens is 312 g/mol. The Morgan fingerprint density at radius 3 is 1.92 bits per heavy atom. The lowest BCUT2D eigenvalue weighted by Gasteiger charge is -2.34. The van der Waals surface area contributed by atoms with Gasteiger partial charge in [-0.1, -0.05) is 109 Å². The zero-order valence-corrected chi connectivity index (χ0v) is 14.6. The number of rotatable bonds is 2. The highest BCUT2D eigenvalue weighted by molar-refractivity contribution is 5.88. The van der Waals surface area contributed by atoms with Crippen LogP contribution in [0.1, 0.15) is 28.7 Å². The van der Waals surface area contributed by atoms with Crippen LogP contribution in [-0.4, -0.2) is 0 Å². The molecule has 0 N–H and O–H groups in total. The number of fused-ring (bicyclic) bond motifs is 2. The van der Waals surface area contributed by atoms with Crippen molar-refractivity contribution in [2.75, 3.05) is 0 Å². The van der Waals surface area contributed by atoms with Gasteiger partial charge in [0.05, 0.1) is 5.41 Å². The van der Waals surface area contributed by atoms with Crippen molar-refractivity contribution in [3.8, 4) is 0 Å². The molecule has 124 valence electrons. The van der Waals surface area contributed by atoms with E-state index >= 15 is 0 Å². The lowest BCUT2D eigenvalue weighted by molar-refractivity contribution is 0.761. The maximum Gasteiger partial charge on any atom is 0.0710 e. The molecule has 0 heterocycles. The van der Waals surface area contributed by atoms with Crippen LogP contribution in [0.3, 0.4) is 0 Å². The molecule has 0 amide bonds. The van der Waals surface area contributed by atoms with Crippen molar-refractivity contribution in [2.45, 2.75) is 11.8 Å². The summed E-state index contributed by atoms with van der Waals surface area (Å²) < 4.78 is 0. The van der Waals surface area contributed by atoms with Crippen molar-refractivity contribution in [1.82, 2.24) is 0 Å². The Kier molecular flexibility index (Phi) is 3.50. The maximum atomic E-state index is 2.32. The molecule has 3 aromatic carbocycles. The third kappa shape index (κ3) is 2.02. The SMILES string of the molecule is C1=CCC2=C(C=C1)C(c1ccccc1)(c1ccccc1)c1ccccc12. The van der Waals surface area contributed by atoms with Gasteiger partial charge in [-0.3, -0.25) is 0 Å². The van der Waals surface area contributed by atoms with E-state index in [0.717, 1.165) is 6.42 Å². The zero-order valence-electron chi connectivity index (χ0n) is 14.6. The molecular formula is C26H20. The van der Waals surface area contributed by atoms with Gasteiger partial charge in [-0.2, -0.15) is 0 Å². The van der Waals surface area contributed by atoms with Crippen LogP contribution in [-0.2, 0) is 5.41 Å². The van der Waals surface area contributed by atoms with Crippen LogP contribution in [0, 0.1) is 0 Å². The average molecular weight is 332 g/mol. The van der Waals surface area contributed by atoms with Crippen LogP contribution in [0.25, 0.3) is 5.57 Å². The minimum atomic E-state index is -0.253. The molecule has 0 aliphatic heterocycles. The molecule has 0 unspecified atom stereocenters. The molecule has 2 aliphatic rings. The molecule has 0 aromatic heterocycles. The lowest BCUT2D eigenvalue weighted by atomic mass is 9.67. The average Bonchev–Trinajstić information content (AvgIpc) is 2.84. The number of allylic oxidation sites excluding steroid dienone is 6. The molecule has 0 nitrogen and oxygen atoms in total. The van der Waals surface area contributed by atoms with Crippen LogP contribution in [0.2, 0.25) is 0 Å². The highest BCUT2D eigenvalue weighted by Crippen LogP contribution is 2.55. The van der Waals surface area contributed by atoms with Crippen LogP contribution in [0.4, 0.5) is 0 Å². The van der Waals surface area contributed by atoms with Gasteiger partial charge in [-0.25, -0.2) is 0 Å². The van der Waals surface area contributed by atoms with Crippen LogP contribution >= 0.6 is 0 Å². The first-order valence-electron chi connectivity index (χ1n) is 9.20. The Balaban J connectivity index is 1.94. The standard InChI is InChI=1S/C26H20/c1-4-12-20(13-5-1)26(21-14-6-2-7-15-21)24-18-9-3-8-16-22(24)23-17-10-11-19-25(23)26/h1-15,17-19H,16H2. The second-order valence-electron chi connectivity index (χ2n) is 6.91. The summed E-state index contributed by atoms with van der Waals surface area (Å²) in [6.07, 6.45) is 9.91. The van der Waals surface area contributed by atoms with Crippen molar-refractivity contribution in [1.29, 1.82) is 0 Å². The minimum absolute atomic E-state index is 0.253. The summed E-state index contributed by atoms with van der Waals surface area (Å²) in [6, 6.07) is 30.8. The number of benzene rings is 3. The Labute approximate surface area is 154 Å². The van der Waals surface area contributed by atoms with Crippen molar-refractivity contribution in [3.05, 3.63) is 137 Å². The maximum absolute atomic E-state index is 2.32. The van der Waals surface area contributed by atoms with E-state index in [2.05, 4.69) is 109 Å². The molecule has 0 spiro atoms. The lowest BCUT2D eigenvalue weighted by Crippen LogP contribution is -2.29. The van der Waals surface area contributed by atoms with Gasteiger partial charge in [-0.05, 0) is 39.8 Å². The van der Waals surface area contributed by atoms with Gasteiger partial charge < -0.3 is 0 Å². The van der Waals surface area contributed by atoms with Crippen molar-refractivity contribution < 1.29 is 0 Å². The van der Waals surface area contributed by atoms with E-state index in [1.807, 2.05) is 0 Å². The first kappa shape index (κ1) is 15.2. The minimum Gasteiger partial charge on any atom is -0.0801 e. The van der Waals surface area contributed by atoms with E-state index in [1.54, 1.807) is 0 Å². The van der Waals surface area contributed by atoms with Crippen molar-refractivity contribution in [3.63, 3.8) is 0 Å². The molecule has 0 heteroatoms. The molecule has 0 fully saturated rings. The van der Waals surface area contributed by atoms with E-state index in [4.69, 9.17) is 0 Å². The summed E-state index contributed by atoms with van der Waals surface area (Å²) in [7, 11) is 0. The second kappa shape index (κ2) is 6.00. The number of hydrogen-bond acceptors (Lipinski definition) is 0. The summed E-state index contributed by atoms with van der Waals surface area (Å²) in [6.45, 7) is 0. The highest BCUT2D eigenvalue weighted by atomic mass is 14.5. The monoisotopic (exact) mass is 332 g/mol. The third-order valence-corrected chi connectivity index (χ3v) is 5.63. The van der Waals surface area contributed by atoms with Gasteiger partial charge in [0.15, 0.2) is 0 Å². The normalized spacial score (nSPS) is 16.9. The van der Waals surface area contributed by atoms with Crippen molar-refractivity contribution in [2.24, 2.45) is 0 Å². The van der Waals surface area contributed by atoms with Gasteiger partial charge in [0.1, 0.15) is 0 Å². The smallest absolute Gasteiger partial charge is 0.0710 e. The largest absolute Gasteiger partial charge is 0.0801 e. The fourth-order valence-corrected chi connectivity index (χ4v) is 4.62. The summed E-state index contributed by atoms with van der Waals surface area (Å²) in [5, 5.41) is 0. The Hall–Kier alpha value is -3.12. The van der Waals surface area contributed by atoms with E-state index in [9.17, 15) is 0 Å². The summed E-state index contributed by atoms with van der Waals surface area (Å²) >= 11 is 0. The molecule has 0 atom stereocenters. The second-order valence-corrected chi connectivity index (χ2v) is 6.91. The van der Waals surface area contributed by atoms with Crippen LogP contribution < -0.4 is 0 Å². The first-order valence-corrected chi connectivity index (χ1v) is 9.20. The zero-order chi connectivity index (χ0) is 17.4. The third-order valence-electron chi connectivity index (χ3n) is 5.63. The van der Waals surface area contributed by atoms with Crippen molar-refractivity contribution >= 4 is 5.57 Å². The molecule has 5 rings (SSSR count). The fraction of sp³-hybridized carbons (Fsp3) is 0.0769. The molecule has 0 bridgehead atoms. The Morgan fingerprint density at radius 1 is 0.615 bits per heavy atom. The first-order chi connectivity index (χ1) is 12.9. The van der Waals surface area contributed by atoms with Crippen LogP contribution in [0.15, 0.2) is 115 Å². The molecule has 2 aliphatic carbocycles. The van der Waals surface area contributed by atoms with E-state index < -0.39 is 0 Å². The Morgan fingerprint density at radius 2 is 1.23 bits per heavy atom. The quantitative estimate of drug-likeness (QED) is 0.516. The van der Waals surface area contributed by atoms with Gasteiger partial charge in [-0.15, -0.1) is 0 Å². The van der Waals surface area contributed by atoms with E-state index in [1.165, 1.54) is 33.4 Å². The summed E-state index contributed by atoms with van der Waals surface area (Å²) in [5.74, 6) is 0. The number of hydrogen-bond donors (Lipinski definition) is 0. The predicted octanol–water partition coefficient (Wildman–Crippen LogP) is 6.30. The van der Waals surface area contributed by atoms with E-state index in [-0.39, 0.29) is 5.41 Å². The fourth-order valence-electron chi connectivity index (χ4n) is 4.62. The van der Waals surface area contributed by atoms with Gasteiger partial charge in [0, 0.05) is 0 Å². The van der Waals surface area contributed by atoms with Gasteiger partial charge in [0.2, 0.25) is 0 Å². The predicted molar refractivity (Wildman–Crippen MR) is 109 cm³/mol. The van der Waals surface area contributed by atoms with Gasteiger partial charge in [0.25, 0.3) is 0 Å². The molecule has 26 heavy (non-hydrogen) atoms. The van der Waals surface area contributed by atoms with Crippen LogP contribution in [0.5, 0.6) is 0 Å². The molecule has 0 saturated carbocycles. The molecule has 3 aromatic rings. The highest BCUT2D eigenvalue weighted by Gasteiger charge is 2.46. The summed E-state index contributed by atoms with van der Waals surface area (Å²) in [5.41, 5.74) is 8.02.